The monoisotopic (exact) mass is 424 g/mol. The van der Waals surface area contributed by atoms with Crippen LogP contribution in [0, 0.1) is 19.7 Å². The summed E-state index contributed by atoms with van der Waals surface area (Å²) in [5.41, 5.74) is 3.35. The molecule has 0 aliphatic carbocycles. The highest BCUT2D eigenvalue weighted by Crippen LogP contribution is 2.32. The largest absolute Gasteiger partial charge is 0.492 e. The van der Waals surface area contributed by atoms with Crippen molar-refractivity contribution < 1.29 is 23.5 Å². The van der Waals surface area contributed by atoms with Gasteiger partial charge in [0, 0.05) is 13.1 Å². The average molecular weight is 424 g/mol. The minimum atomic E-state index is -0.396. The Morgan fingerprint density at radius 1 is 0.968 bits per heavy atom. The van der Waals surface area contributed by atoms with E-state index in [9.17, 15) is 14.0 Å². The molecule has 31 heavy (non-hydrogen) atoms. The first-order valence-corrected chi connectivity index (χ1v) is 10.3. The number of benzene rings is 2. The van der Waals surface area contributed by atoms with Gasteiger partial charge in [0.1, 0.15) is 23.9 Å². The van der Waals surface area contributed by atoms with Crippen molar-refractivity contribution in [2.24, 2.45) is 0 Å². The molecule has 2 aromatic carbocycles. The van der Waals surface area contributed by atoms with Crippen LogP contribution in [-0.4, -0.2) is 61.1 Å². The molecular formula is C24H25FN2O4. The Balaban J connectivity index is 1.56. The van der Waals surface area contributed by atoms with Crippen LogP contribution in [-0.2, 0) is 14.3 Å². The summed E-state index contributed by atoms with van der Waals surface area (Å²) < 4.78 is 24.6. The average Bonchev–Trinajstić information content (AvgIpc) is 2.99. The maximum Gasteiger partial charge on any atom is 0.277 e. The van der Waals surface area contributed by atoms with Gasteiger partial charge in [-0.3, -0.25) is 14.5 Å². The number of hydrogen-bond acceptors (Lipinski definition) is 5. The van der Waals surface area contributed by atoms with Crippen molar-refractivity contribution in [2.45, 2.75) is 13.8 Å². The molecule has 1 saturated heterocycles. The van der Waals surface area contributed by atoms with E-state index in [-0.39, 0.29) is 25.0 Å². The van der Waals surface area contributed by atoms with Gasteiger partial charge in [0.05, 0.1) is 25.3 Å². The number of halogens is 1. The molecule has 1 fully saturated rings. The number of ether oxygens (including phenoxy) is 2. The quantitative estimate of drug-likeness (QED) is 0.668. The maximum absolute atomic E-state index is 13.4. The normalized spacial score (nSPS) is 17.0. The molecule has 6 nitrogen and oxygen atoms in total. The van der Waals surface area contributed by atoms with Crippen LogP contribution in [0.1, 0.15) is 16.7 Å². The van der Waals surface area contributed by atoms with Crippen LogP contribution in [0.4, 0.5) is 4.39 Å². The Morgan fingerprint density at radius 2 is 1.61 bits per heavy atom. The molecule has 0 aromatic heterocycles. The first-order valence-electron chi connectivity index (χ1n) is 10.3. The van der Waals surface area contributed by atoms with E-state index < -0.39 is 5.82 Å². The van der Waals surface area contributed by atoms with Gasteiger partial charge in [0.2, 0.25) is 0 Å². The van der Waals surface area contributed by atoms with Crippen LogP contribution in [0.15, 0.2) is 48.2 Å². The second kappa shape index (κ2) is 8.89. The molecule has 162 valence electrons. The number of morpholine rings is 1. The van der Waals surface area contributed by atoms with Crippen molar-refractivity contribution in [2.75, 3.05) is 39.5 Å². The minimum Gasteiger partial charge on any atom is -0.492 e. The molecule has 0 N–H and O–H groups in total. The van der Waals surface area contributed by atoms with Crippen molar-refractivity contribution in [1.82, 2.24) is 9.80 Å². The number of carbonyl (C=O) groups is 2. The molecule has 0 unspecified atom stereocenters. The Bertz CT molecular complexity index is 1010. The zero-order valence-electron chi connectivity index (χ0n) is 17.7. The van der Waals surface area contributed by atoms with E-state index in [0.717, 1.165) is 11.1 Å². The maximum atomic E-state index is 13.4. The van der Waals surface area contributed by atoms with Gasteiger partial charge in [-0.15, -0.1) is 0 Å². The van der Waals surface area contributed by atoms with Crippen molar-refractivity contribution in [3.05, 3.63) is 70.7 Å². The van der Waals surface area contributed by atoms with Gasteiger partial charge in [-0.1, -0.05) is 18.2 Å². The third kappa shape index (κ3) is 4.46. The Morgan fingerprint density at radius 3 is 2.26 bits per heavy atom. The predicted octanol–water partition coefficient (Wildman–Crippen LogP) is 2.93. The lowest BCUT2D eigenvalue weighted by atomic mass is 10.0. The molecule has 0 bridgehead atoms. The molecule has 7 heteroatoms. The zero-order valence-corrected chi connectivity index (χ0v) is 17.7. The standard InChI is InChI=1S/C24H25FN2O4/c1-16-13-17(2)15-20(14-16)31-12-9-27-23(28)21(18-3-5-19(25)6-4-18)22(24(27)29)26-7-10-30-11-8-26/h3-6,13-15H,7-12H2,1-2H3. The van der Waals surface area contributed by atoms with Crippen LogP contribution in [0.5, 0.6) is 5.75 Å². The van der Waals surface area contributed by atoms with E-state index in [0.29, 0.717) is 48.9 Å². The highest BCUT2D eigenvalue weighted by Gasteiger charge is 2.41. The molecular weight excluding hydrogens is 399 g/mol. The molecule has 2 aliphatic heterocycles. The van der Waals surface area contributed by atoms with E-state index >= 15 is 0 Å². The lowest BCUT2D eigenvalue weighted by Crippen LogP contribution is -2.41. The fourth-order valence-corrected chi connectivity index (χ4v) is 3.99. The van der Waals surface area contributed by atoms with Crippen molar-refractivity contribution >= 4 is 17.4 Å². The van der Waals surface area contributed by atoms with Crippen LogP contribution in [0.2, 0.25) is 0 Å². The van der Waals surface area contributed by atoms with Crippen LogP contribution >= 0.6 is 0 Å². The number of imide groups is 1. The number of aryl methyl sites for hydroxylation is 2. The van der Waals surface area contributed by atoms with E-state index in [4.69, 9.17) is 9.47 Å². The zero-order chi connectivity index (χ0) is 22.0. The molecule has 2 heterocycles. The number of rotatable bonds is 6. The summed E-state index contributed by atoms with van der Waals surface area (Å²) in [6.45, 7) is 6.30. The van der Waals surface area contributed by atoms with Gasteiger partial charge >= 0.3 is 0 Å². The summed E-state index contributed by atoms with van der Waals surface area (Å²) in [6.07, 6.45) is 0. The number of amides is 2. The van der Waals surface area contributed by atoms with Crippen molar-refractivity contribution in [3.63, 3.8) is 0 Å². The van der Waals surface area contributed by atoms with Crippen molar-refractivity contribution in [3.8, 4) is 5.75 Å². The lowest BCUT2D eigenvalue weighted by molar-refractivity contribution is -0.138. The Labute approximate surface area is 180 Å². The summed E-state index contributed by atoms with van der Waals surface area (Å²) in [6, 6.07) is 11.5. The summed E-state index contributed by atoms with van der Waals surface area (Å²) in [5, 5.41) is 0. The van der Waals surface area contributed by atoms with Gasteiger partial charge in [-0.2, -0.15) is 0 Å². The second-order valence-corrected chi connectivity index (χ2v) is 7.76. The summed E-state index contributed by atoms with van der Waals surface area (Å²) in [5.74, 6) is -0.429. The Kier molecular flexibility index (Phi) is 6.04. The molecule has 2 aliphatic rings. The Hall–Kier alpha value is -3.19. The van der Waals surface area contributed by atoms with Gasteiger partial charge in [-0.25, -0.2) is 4.39 Å². The van der Waals surface area contributed by atoms with E-state index in [1.165, 1.54) is 29.2 Å². The van der Waals surface area contributed by atoms with Crippen LogP contribution in [0.3, 0.4) is 0 Å². The lowest BCUT2D eigenvalue weighted by Gasteiger charge is -2.29. The number of carbonyl (C=O) groups excluding carboxylic acids is 2. The van der Waals surface area contributed by atoms with E-state index in [1.54, 1.807) is 0 Å². The molecule has 2 amide bonds. The fourth-order valence-electron chi connectivity index (χ4n) is 3.99. The van der Waals surface area contributed by atoms with Crippen LogP contribution in [0.25, 0.3) is 5.57 Å². The molecule has 0 spiro atoms. The third-order valence-electron chi connectivity index (χ3n) is 5.38. The van der Waals surface area contributed by atoms with Gasteiger partial charge in [-0.05, 0) is 54.8 Å². The first kappa shape index (κ1) is 21.1. The molecule has 0 atom stereocenters. The highest BCUT2D eigenvalue weighted by molar-refractivity contribution is 6.35. The SMILES string of the molecule is Cc1cc(C)cc(OCCN2C(=O)C(c3ccc(F)cc3)=C(N3CCOCC3)C2=O)c1. The third-order valence-corrected chi connectivity index (χ3v) is 5.38. The smallest absolute Gasteiger partial charge is 0.277 e. The van der Waals surface area contributed by atoms with Gasteiger partial charge in [0.25, 0.3) is 11.8 Å². The summed E-state index contributed by atoms with van der Waals surface area (Å²) >= 11 is 0. The number of hydrogen-bond donors (Lipinski definition) is 0. The highest BCUT2D eigenvalue weighted by atomic mass is 19.1. The van der Waals surface area contributed by atoms with Crippen molar-refractivity contribution in [1.29, 1.82) is 0 Å². The first-order chi connectivity index (χ1) is 14.9. The van der Waals surface area contributed by atoms with E-state index in [2.05, 4.69) is 0 Å². The van der Waals surface area contributed by atoms with Crippen LogP contribution < -0.4 is 4.74 Å². The second-order valence-electron chi connectivity index (χ2n) is 7.76. The molecule has 2 aromatic rings. The minimum absolute atomic E-state index is 0.128. The topological polar surface area (TPSA) is 59.1 Å². The predicted molar refractivity (Wildman–Crippen MR) is 114 cm³/mol. The van der Waals surface area contributed by atoms with Gasteiger partial charge < -0.3 is 14.4 Å². The molecule has 4 rings (SSSR count). The summed E-state index contributed by atoms with van der Waals surface area (Å²) in [7, 11) is 0. The summed E-state index contributed by atoms with van der Waals surface area (Å²) in [4.78, 5) is 29.6. The number of nitrogens with zero attached hydrogens (tertiary/aromatic N) is 2. The molecule has 0 radical (unpaired) electrons. The van der Waals surface area contributed by atoms with E-state index in [1.807, 2.05) is 36.9 Å². The molecule has 0 saturated carbocycles. The fraction of sp³-hybridized carbons (Fsp3) is 0.333. The van der Waals surface area contributed by atoms with Gasteiger partial charge in [0.15, 0.2) is 0 Å².